The van der Waals surface area contributed by atoms with Crippen LogP contribution >= 0.6 is 11.3 Å². The fourth-order valence-corrected chi connectivity index (χ4v) is 0.992. The van der Waals surface area contributed by atoms with Crippen molar-refractivity contribution in [2.45, 2.75) is 0 Å². The van der Waals surface area contributed by atoms with Crippen LogP contribution in [-0.4, -0.2) is 10.9 Å². The van der Waals surface area contributed by atoms with Gasteiger partial charge in [-0.05, 0) is 0 Å². The average Bonchev–Trinajstić information content (AvgIpc) is 2.14. The maximum Gasteiger partial charge on any atom is 0.268 e. The van der Waals surface area contributed by atoms with Gasteiger partial charge in [0, 0.05) is 12.3 Å². The number of amides is 1. The zero-order valence-electron chi connectivity index (χ0n) is 4.63. The lowest BCUT2D eigenvalue weighted by Crippen LogP contribution is -2.10. The van der Waals surface area contributed by atoms with Gasteiger partial charge in [0.15, 0.2) is 0 Å². The molecular formula is C5H5N2OS. The van der Waals surface area contributed by atoms with E-state index < -0.39 is 5.91 Å². The van der Waals surface area contributed by atoms with E-state index >= 15 is 0 Å². The molecule has 47 valence electrons. The molecule has 9 heavy (non-hydrogen) atoms. The van der Waals surface area contributed by atoms with Gasteiger partial charge in [-0.15, -0.1) is 11.3 Å². The van der Waals surface area contributed by atoms with Crippen molar-refractivity contribution in [2.75, 3.05) is 0 Å². The Bertz CT molecular complexity index is 231. The van der Waals surface area contributed by atoms with Crippen molar-refractivity contribution in [2.24, 2.45) is 5.73 Å². The van der Waals surface area contributed by atoms with Crippen molar-refractivity contribution in [1.29, 1.82) is 0 Å². The van der Waals surface area contributed by atoms with E-state index in [1.54, 1.807) is 5.38 Å². The Kier molecular flexibility index (Phi) is 1.48. The molecule has 1 aromatic rings. The van der Waals surface area contributed by atoms with Gasteiger partial charge in [0.2, 0.25) is 0 Å². The molecule has 0 saturated heterocycles. The van der Waals surface area contributed by atoms with Crippen LogP contribution in [0.3, 0.4) is 0 Å². The number of rotatable bonds is 1. The Morgan fingerprint density at radius 1 is 1.89 bits per heavy atom. The van der Waals surface area contributed by atoms with Crippen LogP contribution in [0.2, 0.25) is 0 Å². The maximum atomic E-state index is 10.4. The van der Waals surface area contributed by atoms with Gasteiger partial charge in [0.25, 0.3) is 5.91 Å². The number of aromatic nitrogens is 1. The highest BCUT2D eigenvalue weighted by Crippen LogP contribution is 2.06. The van der Waals surface area contributed by atoms with Crippen molar-refractivity contribution in [3.8, 4) is 0 Å². The Morgan fingerprint density at radius 2 is 2.56 bits per heavy atom. The van der Waals surface area contributed by atoms with Gasteiger partial charge in [-0.3, -0.25) is 4.79 Å². The molecule has 0 fully saturated rings. The van der Waals surface area contributed by atoms with E-state index in [1.165, 1.54) is 11.3 Å². The van der Waals surface area contributed by atoms with Crippen LogP contribution in [0, 0.1) is 6.92 Å². The molecule has 0 spiro atoms. The van der Waals surface area contributed by atoms with E-state index in [1.807, 2.05) is 0 Å². The summed E-state index contributed by atoms with van der Waals surface area (Å²) < 4.78 is 0. The first-order chi connectivity index (χ1) is 4.20. The average molecular weight is 141 g/mol. The van der Waals surface area contributed by atoms with Gasteiger partial charge in [0.05, 0.1) is 5.01 Å². The zero-order valence-corrected chi connectivity index (χ0v) is 5.44. The molecule has 2 N–H and O–H groups in total. The summed E-state index contributed by atoms with van der Waals surface area (Å²) >= 11 is 1.31. The standard InChI is InChI=1S/C5H5N2OS/c1-3-7-4(2-9-3)5(6)8/h2H,1H2,(H2,6,8). The highest BCUT2D eigenvalue weighted by atomic mass is 32.1. The number of hydrogen-bond donors (Lipinski definition) is 1. The number of thiazole rings is 1. The molecule has 3 nitrogen and oxygen atoms in total. The van der Waals surface area contributed by atoms with Gasteiger partial charge in [0.1, 0.15) is 5.69 Å². The minimum absolute atomic E-state index is 0.296. The summed E-state index contributed by atoms with van der Waals surface area (Å²) in [7, 11) is 0. The predicted molar refractivity (Wildman–Crippen MR) is 35.1 cm³/mol. The normalized spacial score (nSPS) is 9.44. The van der Waals surface area contributed by atoms with E-state index in [9.17, 15) is 4.79 Å². The Morgan fingerprint density at radius 3 is 2.78 bits per heavy atom. The van der Waals surface area contributed by atoms with Crippen molar-refractivity contribution in [3.63, 3.8) is 0 Å². The molecule has 0 aliphatic carbocycles. The second kappa shape index (κ2) is 2.14. The molecule has 0 bridgehead atoms. The number of carbonyl (C=O) groups excluding carboxylic acids is 1. The number of nitrogens with zero attached hydrogens (tertiary/aromatic N) is 1. The van der Waals surface area contributed by atoms with Crippen LogP contribution in [0.15, 0.2) is 5.38 Å². The number of nitrogens with two attached hydrogens (primary N) is 1. The first kappa shape index (κ1) is 6.22. The lowest BCUT2D eigenvalue weighted by Gasteiger charge is -1.80. The van der Waals surface area contributed by atoms with Crippen LogP contribution in [0.25, 0.3) is 0 Å². The van der Waals surface area contributed by atoms with Crippen molar-refractivity contribution >= 4 is 17.2 Å². The third-order valence-electron chi connectivity index (χ3n) is 0.804. The molecule has 1 rings (SSSR count). The molecule has 0 atom stereocenters. The molecular weight excluding hydrogens is 136 g/mol. The van der Waals surface area contributed by atoms with E-state index in [2.05, 4.69) is 11.9 Å². The smallest absolute Gasteiger partial charge is 0.268 e. The third kappa shape index (κ3) is 1.26. The molecule has 0 aromatic carbocycles. The van der Waals surface area contributed by atoms with Crippen molar-refractivity contribution in [3.05, 3.63) is 23.0 Å². The van der Waals surface area contributed by atoms with Crippen LogP contribution in [0.4, 0.5) is 0 Å². The molecule has 1 amide bonds. The Labute approximate surface area is 56.5 Å². The Balaban J connectivity index is 2.98. The molecule has 0 aliphatic rings. The first-order valence-corrected chi connectivity index (χ1v) is 3.15. The van der Waals surface area contributed by atoms with Gasteiger partial charge < -0.3 is 5.73 Å². The van der Waals surface area contributed by atoms with Crippen LogP contribution in [-0.2, 0) is 0 Å². The maximum absolute atomic E-state index is 10.4. The summed E-state index contributed by atoms with van der Waals surface area (Å²) in [5.74, 6) is -0.499. The van der Waals surface area contributed by atoms with E-state index in [0.29, 0.717) is 10.7 Å². The molecule has 4 heteroatoms. The van der Waals surface area contributed by atoms with Crippen LogP contribution in [0.5, 0.6) is 0 Å². The highest BCUT2D eigenvalue weighted by molar-refractivity contribution is 7.10. The van der Waals surface area contributed by atoms with Gasteiger partial charge >= 0.3 is 0 Å². The summed E-state index contributed by atoms with van der Waals surface area (Å²) in [4.78, 5) is 14.1. The highest BCUT2D eigenvalue weighted by Gasteiger charge is 2.01. The first-order valence-electron chi connectivity index (χ1n) is 2.27. The Hall–Kier alpha value is -0.900. The van der Waals surface area contributed by atoms with Gasteiger partial charge in [-0.25, -0.2) is 4.98 Å². The van der Waals surface area contributed by atoms with Gasteiger partial charge in [-0.1, -0.05) is 0 Å². The minimum atomic E-state index is -0.499. The van der Waals surface area contributed by atoms with Crippen LogP contribution in [0.1, 0.15) is 15.5 Å². The lowest BCUT2D eigenvalue weighted by molar-refractivity contribution is 0.0996. The largest absolute Gasteiger partial charge is 0.364 e. The monoisotopic (exact) mass is 141 g/mol. The number of hydrogen-bond acceptors (Lipinski definition) is 3. The molecule has 1 radical (unpaired) electrons. The van der Waals surface area contributed by atoms with Crippen molar-refractivity contribution in [1.82, 2.24) is 4.98 Å². The lowest BCUT2D eigenvalue weighted by atomic mass is 10.5. The summed E-state index contributed by atoms with van der Waals surface area (Å²) in [6.45, 7) is 3.52. The third-order valence-corrected chi connectivity index (χ3v) is 1.51. The summed E-state index contributed by atoms with van der Waals surface area (Å²) in [6, 6.07) is 0. The van der Waals surface area contributed by atoms with E-state index in [0.717, 1.165) is 0 Å². The molecule has 1 heterocycles. The van der Waals surface area contributed by atoms with Gasteiger partial charge in [-0.2, -0.15) is 0 Å². The molecule has 0 saturated carbocycles. The SMILES string of the molecule is [CH2]c1nc(C(N)=O)cs1. The van der Waals surface area contributed by atoms with Crippen molar-refractivity contribution < 1.29 is 4.79 Å². The molecule has 0 aliphatic heterocycles. The number of carbonyl (C=O) groups is 1. The number of primary amides is 1. The van der Waals surface area contributed by atoms with E-state index in [-0.39, 0.29) is 0 Å². The second-order valence-corrected chi connectivity index (χ2v) is 2.43. The fraction of sp³-hybridized carbons (Fsp3) is 0. The summed E-state index contributed by atoms with van der Waals surface area (Å²) in [5, 5.41) is 2.20. The predicted octanol–water partition coefficient (Wildman–Crippen LogP) is 0.424. The summed E-state index contributed by atoms with van der Waals surface area (Å²) in [5.41, 5.74) is 5.20. The molecule has 1 aromatic heterocycles. The quantitative estimate of drug-likeness (QED) is 0.616. The minimum Gasteiger partial charge on any atom is -0.364 e. The molecule has 0 unspecified atom stereocenters. The van der Waals surface area contributed by atoms with Crippen LogP contribution < -0.4 is 5.73 Å². The zero-order chi connectivity index (χ0) is 6.85. The van der Waals surface area contributed by atoms with E-state index in [4.69, 9.17) is 5.73 Å². The topological polar surface area (TPSA) is 56.0 Å². The summed E-state index contributed by atoms with van der Waals surface area (Å²) in [6.07, 6.45) is 0. The second-order valence-electron chi connectivity index (χ2n) is 1.49. The fourth-order valence-electron chi connectivity index (χ4n) is 0.424.